The van der Waals surface area contributed by atoms with Gasteiger partial charge in [0, 0.05) is 18.0 Å². The molecule has 6 heteroatoms. The summed E-state index contributed by atoms with van der Waals surface area (Å²) in [5, 5.41) is 5.20. The summed E-state index contributed by atoms with van der Waals surface area (Å²) < 4.78 is 19.9. The van der Waals surface area contributed by atoms with E-state index >= 15 is 0 Å². The molecule has 0 aliphatic heterocycles. The lowest BCUT2D eigenvalue weighted by Crippen LogP contribution is -2.01. The number of hydrogen-bond donors (Lipinski definition) is 1. The fourth-order valence-corrected chi connectivity index (χ4v) is 2.15. The monoisotopic (exact) mass is 307 g/mol. The van der Waals surface area contributed by atoms with Crippen molar-refractivity contribution < 1.29 is 9.22 Å². The van der Waals surface area contributed by atoms with Crippen LogP contribution in [0, 0.1) is 0 Å². The van der Waals surface area contributed by atoms with Gasteiger partial charge >= 0.3 is 0 Å². The summed E-state index contributed by atoms with van der Waals surface area (Å²) in [4.78, 5) is 0. The van der Waals surface area contributed by atoms with E-state index in [2.05, 4.69) is 5.10 Å². The number of nitrogens with one attached hydrogen (secondary N) is 1. The average molecular weight is 308 g/mol. The highest BCUT2D eigenvalue weighted by molar-refractivity contribution is 5.85. The van der Waals surface area contributed by atoms with Crippen molar-refractivity contribution in [2.75, 3.05) is 0 Å². The first kappa shape index (κ1) is 15.3. The van der Waals surface area contributed by atoms with Gasteiger partial charge in [-0.2, -0.15) is 10.6 Å². The third kappa shape index (κ3) is 3.15. The summed E-state index contributed by atoms with van der Waals surface area (Å²) in [7, 11) is 1.89. The lowest BCUT2D eigenvalue weighted by Gasteiger charge is -2.10. The number of aryl methyl sites for hydroxylation is 1. The van der Waals surface area contributed by atoms with Crippen LogP contribution in [0.5, 0.6) is 11.5 Å². The van der Waals surface area contributed by atoms with Gasteiger partial charge in [0.05, 0.1) is 18.3 Å². The normalized spacial score (nSPS) is 10.4. The number of halogens is 2. The molecule has 2 aromatic carbocycles. The highest BCUT2D eigenvalue weighted by Gasteiger charge is 2.06. The van der Waals surface area contributed by atoms with Gasteiger partial charge in [-0.15, -0.1) is 16.9 Å². The number of fused-ring (bicyclic) bond motifs is 1. The summed E-state index contributed by atoms with van der Waals surface area (Å²) >= 11 is 0. The van der Waals surface area contributed by atoms with Crippen LogP contribution in [-0.4, -0.2) is 9.78 Å². The standard InChI is InChI=1S/C15H14FN3O.ClH/c1-19-14-7-6-13(8-12(14)10-18-19)20-15-5-3-2-4-11(15)9-17-16;/h2-8,10,17H,9H2,1H3;1H. The summed E-state index contributed by atoms with van der Waals surface area (Å²) in [5.41, 5.74) is 3.45. The van der Waals surface area contributed by atoms with Crippen molar-refractivity contribution in [3.05, 3.63) is 54.2 Å². The molecule has 0 bridgehead atoms. The van der Waals surface area contributed by atoms with Gasteiger partial charge in [0.15, 0.2) is 0 Å². The van der Waals surface area contributed by atoms with Gasteiger partial charge in [0.2, 0.25) is 0 Å². The Morgan fingerprint density at radius 3 is 2.86 bits per heavy atom. The molecule has 1 heterocycles. The number of rotatable bonds is 4. The molecule has 0 atom stereocenters. The maximum Gasteiger partial charge on any atom is 0.132 e. The Labute approximate surface area is 127 Å². The molecule has 0 spiro atoms. The second-order valence-electron chi connectivity index (χ2n) is 4.51. The summed E-state index contributed by atoms with van der Waals surface area (Å²) in [6, 6.07) is 13.1. The van der Waals surface area contributed by atoms with Crippen LogP contribution in [0.2, 0.25) is 0 Å². The summed E-state index contributed by atoms with van der Waals surface area (Å²) in [6.45, 7) is 0.116. The molecule has 0 amide bonds. The van der Waals surface area contributed by atoms with Crippen molar-refractivity contribution in [2.45, 2.75) is 6.54 Å². The Morgan fingerprint density at radius 2 is 2.05 bits per heavy atom. The predicted octanol–water partition coefficient (Wildman–Crippen LogP) is 3.76. The van der Waals surface area contributed by atoms with Crippen molar-refractivity contribution in [3.8, 4) is 11.5 Å². The number of benzene rings is 2. The van der Waals surface area contributed by atoms with Crippen LogP contribution in [0.15, 0.2) is 48.7 Å². The molecular weight excluding hydrogens is 293 g/mol. The smallest absolute Gasteiger partial charge is 0.132 e. The largest absolute Gasteiger partial charge is 0.457 e. The number of aromatic nitrogens is 2. The van der Waals surface area contributed by atoms with Gasteiger partial charge in [-0.3, -0.25) is 4.68 Å². The van der Waals surface area contributed by atoms with Gasteiger partial charge < -0.3 is 4.74 Å². The van der Waals surface area contributed by atoms with E-state index in [0.717, 1.165) is 16.5 Å². The molecular formula is C15H15ClFN3O. The summed E-state index contributed by atoms with van der Waals surface area (Å²) in [6.07, 6.45) is 1.79. The van der Waals surface area contributed by atoms with Crippen LogP contribution in [0.3, 0.4) is 0 Å². The first-order chi connectivity index (χ1) is 9.78. The topological polar surface area (TPSA) is 39.1 Å². The third-order valence-electron chi connectivity index (χ3n) is 3.18. The molecule has 110 valence electrons. The first-order valence-electron chi connectivity index (χ1n) is 6.29. The number of hydrogen-bond acceptors (Lipinski definition) is 3. The van der Waals surface area contributed by atoms with Crippen molar-refractivity contribution in [2.24, 2.45) is 7.05 Å². The fraction of sp³-hybridized carbons (Fsp3) is 0.133. The maximum absolute atomic E-state index is 12.3. The Hall–Kier alpha value is -2.11. The van der Waals surface area contributed by atoms with Crippen molar-refractivity contribution in [1.82, 2.24) is 15.3 Å². The number of para-hydroxylation sites is 1. The van der Waals surface area contributed by atoms with E-state index in [0.29, 0.717) is 11.5 Å². The van der Waals surface area contributed by atoms with Crippen LogP contribution in [0.1, 0.15) is 5.56 Å². The van der Waals surface area contributed by atoms with E-state index in [1.165, 1.54) is 0 Å². The Balaban J connectivity index is 0.00000161. The zero-order chi connectivity index (χ0) is 13.9. The van der Waals surface area contributed by atoms with E-state index in [1.54, 1.807) is 16.4 Å². The maximum atomic E-state index is 12.3. The van der Waals surface area contributed by atoms with Crippen molar-refractivity contribution >= 4 is 23.3 Å². The second-order valence-corrected chi connectivity index (χ2v) is 4.51. The van der Waals surface area contributed by atoms with Gasteiger partial charge in [0.25, 0.3) is 0 Å². The van der Waals surface area contributed by atoms with E-state index in [4.69, 9.17) is 4.74 Å². The molecule has 21 heavy (non-hydrogen) atoms. The lowest BCUT2D eigenvalue weighted by atomic mass is 10.2. The molecule has 0 radical (unpaired) electrons. The summed E-state index contributed by atoms with van der Waals surface area (Å²) in [5.74, 6) is 1.35. The minimum atomic E-state index is 0. The molecule has 3 rings (SSSR count). The SMILES string of the molecule is Cl.Cn1ncc2cc(Oc3ccccc3CNF)ccc21. The second kappa shape index (κ2) is 6.56. The van der Waals surface area contributed by atoms with Crippen molar-refractivity contribution in [1.29, 1.82) is 0 Å². The van der Waals surface area contributed by atoms with E-state index < -0.39 is 0 Å². The van der Waals surface area contributed by atoms with Crippen LogP contribution in [0.25, 0.3) is 10.9 Å². The highest BCUT2D eigenvalue weighted by Crippen LogP contribution is 2.27. The third-order valence-corrected chi connectivity index (χ3v) is 3.18. The van der Waals surface area contributed by atoms with Gasteiger partial charge in [-0.05, 0) is 24.3 Å². The van der Waals surface area contributed by atoms with E-state index in [1.807, 2.05) is 49.5 Å². The minimum absolute atomic E-state index is 0. The Bertz CT molecular complexity index is 745. The Kier molecular flexibility index (Phi) is 4.77. The quantitative estimate of drug-likeness (QED) is 0.746. The zero-order valence-electron chi connectivity index (χ0n) is 11.4. The molecule has 0 aliphatic rings. The van der Waals surface area contributed by atoms with Crippen LogP contribution in [-0.2, 0) is 13.6 Å². The van der Waals surface area contributed by atoms with Gasteiger partial charge in [-0.25, -0.2) is 0 Å². The van der Waals surface area contributed by atoms with E-state index in [9.17, 15) is 4.48 Å². The van der Waals surface area contributed by atoms with Crippen LogP contribution in [0.4, 0.5) is 4.48 Å². The predicted molar refractivity (Wildman–Crippen MR) is 82.4 cm³/mol. The van der Waals surface area contributed by atoms with Gasteiger partial charge in [0.1, 0.15) is 11.5 Å². The molecule has 0 unspecified atom stereocenters. The zero-order valence-corrected chi connectivity index (χ0v) is 12.2. The highest BCUT2D eigenvalue weighted by atomic mass is 35.5. The number of ether oxygens (including phenoxy) is 1. The molecule has 3 aromatic rings. The molecule has 0 aliphatic carbocycles. The molecule has 4 nitrogen and oxygen atoms in total. The van der Waals surface area contributed by atoms with Crippen molar-refractivity contribution in [3.63, 3.8) is 0 Å². The first-order valence-corrected chi connectivity index (χ1v) is 6.29. The van der Waals surface area contributed by atoms with E-state index in [-0.39, 0.29) is 19.0 Å². The Morgan fingerprint density at radius 1 is 1.24 bits per heavy atom. The lowest BCUT2D eigenvalue weighted by molar-refractivity contribution is 0.326. The number of nitrogens with zero attached hydrogens (tertiary/aromatic N) is 2. The van der Waals surface area contributed by atoms with Crippen LogP contribution < -0.4 is 10.3 Å². The van der Waals surface area contributed by atoms with Crippen LogP contribution >= 0.6 is 12.4 Å². The molecule has 1 N–H and O–H groups in total. The molecule has 0 saturated heterocycles. The fourth-order valence-electron chi connectivity index (χ4n) is 2.15. The minimum Gasteiger partial charge on any atom is -0.457 e. The molecule has 0 saturated carbocycles. The molecule has 0 fully saturated rings. The average Bonchev–Trinajstić information content (AvgIpc) is 2.82. The molecule has 1 aromatic heterocycles. The van der Waals surface area contributed by atoms with Gasteiger partial charge in [-0.1, -0.05) is 18.2 Å².